The summed E-state index contributed by atoms with van der Waals surface area (Å²) in [5.41, 5.74) is 3.27. The zero-order valence-electron chi connectivity index (χ0n) is 18.2. The Morgan fingerprint density at radius 3 is 2.67 bits per heavy atom. The highest BCUT2D eigenvalue weighted by Gasteiger charge is 2.69. The van der Waals surface area contributed by atoms with Crippen LogP contribution in [0.3, 0.4) is 0 Å². The minimum atomic E-state index is -1.20. The van der Waals surface area contributed by atoms with Crippen molar-refractivity contribution in [1.82, 2.24) is 0 Å². The Labute approximate surface area is 195 Å². The average Bonchev–Trinajstić information content (AvgIpc) is 3.50. The van der Waals surface area contributed by atoms with Crippen LogP contribution in [0.5, 0.6) is 0 Å². The molecule has 3 aliphatic rings. The van der Waals surface area contributed by atoms with E-state index in [0.717, 1.165) is 22.4 Å². The van der Waals surface area contributed by atoms with E-state index >= 15 is 0 Å². The summed E-state index contributed by atoms with van der Waals surface area (Å²) in [6.45, 7) is 3.55. The van der Waals surface area contributed by atoms with E-state index in [1.165, 1.54) is 18.3 Å². The third kappa shape index (κ3) is 2.55. The molecule has 1 aromatic heterocycles. The van der Waals surface area contributed by atoms with Crippen LogP contribution in [0.25, 0.3) is 6.08 Å². The first-order chi connectivity index (χ1) is 15.9. The minimum Gasteiger partial charge on any atom is -0.352 e. The Morgan fingerprint density at radius 2 is 1.91 bits per heavy atom. The van der Waals surface area contributed by atoms with Crippen molar-refractivity contribution in [3.8, 4) is 0 Å². The SMILES string of the molecule is CC(=O)[C@@H]1[C@H](C(=O)c2cccs2)[C@]2(C(=O)Nc3ccccc32)[C@H]2C=Cc3cc(C)ccc3N12. The van der Waals surface area contributed by atoms with Crippen LogP contribution in [0.4, 0.5) is 11.4 Å². The highest BCUT2D eigenvalue weighted by Crippen LogP contribution is 2.57. The predicted molar refractivity (Wildman–Crippen MR) is 130 cm³/mol. The summed E-state index contributed by atoms with van der Waals surface area (Å²) < 4.78 is 0. The molecule has 3 aromatic rings. The third-order valence-electron chi connectivity index (χ3n) is 7.25. The van der Waals surface area contributed by atoms with Crippen LogP contribution in [-0.2, 0) is 15.0 Å². The van der Waals surface area contributed by atoms with Crippen molar-refractivity contribution in [2.75, 3.05) is 10.2 Å². The number of carbonyl (C=O) groups is 3. The molecule has 3 aliphatic heterocycles. The zero-order chi connectivity index (χ0) is 22.9. The lowest BCUT2D eigenvalue weighted by molar-refractivity contribution is -0.122. The summed E-state index contributed by atoms with van der Waals surface area (Å²) >= 11 is 1.35. The van der Waals surface area contributed by atoms with Crippen LogP contribution in [0.15, 0.2) is 66.1 Å². The van der Waals surface area contributed by atoms with Crippen molar-refractivity contribution in [3.05, 3.63) is 87.6 Å². The van der Waals surface area contributed by atoms with E-state index in [1.807, 2.05) is 71.8 Å². The Bertz CT molecular complexity index is 1360. The fraction of sp³-hybridized carbons (Fsp3) is 0.222. The molecule has 0 radical (unpaired) electrons. The number of hydrogen-bond donors (Lipinski definition) is 1. The van der Waals surface area contributed by atoms with Crippen molar-refractivity contribution < 1.29 is 14.4 Å². The number of nitrogens with one attached hydrogen (secondary N) is 1. The molecule has 1 N–H and O–H groups in total. The average molecular weight is 455 g/mol. The fourth-order valence-corrected chi connectivity index (χ4v) is 6.73. The maximum absolute atomic E-state index is 14.1. The summed E-state index contributed by atoms with van der Waals surface area (Å²) in [5, 5.41) is 4.88. The number of ketones is 2. The van der Waals surface area contributed by atoms with Gasteiger partial charge in [-0.2, -0.15) is 0 Å². The Kier molecular flexibility index (Phi) is 4.26. The second-order valence-corrected chi connectivity index (χ2v) is 9.96. The molecule has 1 fully saturated rings. The normalized spacial score (nSPS) is 26.7. The van der Waals surface area contributed by atoms with Gasteiger partial charge in [0.15, 0.2) is 11.6 Å². The lowest BCUT2D eigenvalue weighted by Crippen LogP contribution is -2.51. The van der Waals surface area contributed by atoms with Crippen LogP contribution in [0, 0.1) is 12.8 Å². The predicted octanol–water partition coefficient (Wildman–Crippen LogP) is 4.62. The van der Waals surface area contributed by atoms with E-state index in [0.29, 0.717) is 10.6 Å². The molecule has 1 amide bonds. The summed E-state index contributed by atoms with van der Waals surface area (Å²) in [7, 11) is 0. The van der Waals surface area contributed by atoms with Crippen LogP contribution >= 0.6 is 11.3 Å². The molecule has 1 saturated heterocycles. The third-order valence-corrected chi connectivity index (χ3v) is 8.14. The molecule has 0 saturated carbocycles. The summed E-state index contributed by atoms with van der Waals surface area (Å²) in [6.07, 6.45) is 4.02. The number of hydrogen-bond acceptors (Lipinski definition) is 5. The first-order valence-corrected chi connectivity index (χ1v) is 11.9. The van der Waals surface area contributed by atoms with Crippen LogP contribution in [-0.4, -0.2) is 29.6 Å². The van der Waals surface area contributed by atoms with Gasteiger partial charge < -0.3 is 10.2 Å². The Morgan fingerprint density at radius 1 is 1.09 bits per heavy atom. The molecule has 0 bridgehead atoms. The molecule has 6 rings (SSSR count). The number of Topliss-reactive ketones (excluding diaryl/α,β-unsaturated/α-hetero) is 2. The van der Waals surface area contributed by atoms with Crippen molar-refractivity contribution in [2.45, 2.75) is 31.3 Å². The lowest BCUT2D eigenvalue weighted by atomic mass is 9.65. The van der Waals surface area contributed by atoms with Crippen molar-refractivity contribution in [1.29, 1.82) is 0 Å². The number of amides is 1. The van der Waals surface area contributed by atoms with Crippen LogP contribution in [0.2, 0.25) is 0 Å². The van der Waals surface area contributed by atoms with Crippen molar-refractivity contribution in [3.63, 3.8) is 0 Å². The number of anilines is 2. The molecule has 4 heterocycles. The molecule has 6 heteroatoms. The van der Waals surface area contributed by atoms with E-state index in [-0.39, 0.29) is 17.5 Å². The second kappa shape index (κ2) is 6.99. The van der Waals surface area contributed by atoms with E-state index in [4.69, 9.17) is 0 Å². The topological polar surface area (TPSA) is 66.5 Å². The lowest BCUT2D eigenvalue weighted by Gasteiger charge is -2.37. The van der Waals surface area contributed by atoms with Gasteiger partial charge >= 0.3 is 0 Å². The van der Waals surface area contributed by atoms with Gasteiger partial charge in [0.2, 0.25) is 5.91 Å². The summed E-state index contributed by atoms with van der Waals surface area (Å²) in [4.78, 5) is 43.8. The monoisotopic (exact) mass is 454 g/mol. The maximum Gasteiger partial charge on any atom is 0.238 e. The molecule has 2 aromatic carbocycles. The van der Waals surface area contributed by atoms with Crippen molar-refractivity contribution >= 4 is 46.3 Å². The van der Waals surface area contributed by atoms with Gasteiger partial charge in [-0.1, -0.05) is 48.0 Å². The first-order valence-electron chi connectivity index (χ1n) is 11.0. The van der Waals surface area contributed by atoms with Gasteiger partial charge in [0.25, 0.3) is 0 Å². The number of thiophene rings is 1. The number of fused-ring (bicyclic) bond motifs is 6. The molecule has 5 nitrogen and oxygen atoms in total. The molecule has 4 atom stereocenters. The molecular weight excluding hydrogens is 432 g/mol. The fourth-order valence-electron chi connectivity index (χ4n) is 6.02. The zero-order valence-corrected chi connectivity index (χ0v) is 19.1. The number of nitrogens with zero attached hydrogens (tertiary/aromatic N) is 1. The van der Waals surface area contributed by atoms with Crippen LogP contribution < -0.4 is 10.2 Å². The highest BCUT2D eigenvalue weighted by atomic mass is 32.1. The smallest absolute Gasteiger partial charge is 0.238 e. The summed E-state index contributed by atoms with van der Waals surface area (Å²) in [5.74, 6) is -1.35. The number of carbonyl (C=O) groups excluding carboxylic acids is 3. The number of aryl methyl sites for hydroxylation is 1. The molecule has 164 valence electrons. The Balaban J connectivity index is 1.67. The van der Waals surface area contributed by atoms with Gasteiger partial charge in [-0.15, -0.1) is 11.3 Å². The second-order valence-electron chi connectivity index (χ2n) is 9.02. The van der Waals surface area contributed by atoms with Gasteiger partial charge in [-0.05, 0) is 54.6 Å². The molecule has 1 spiro atoms. The summed E-state index contributed by atoms with van der Waals surface area (Å²) in [6, 6.07) is 16.0. The van der Waals surface area contributed by atoms with E-state index < -0.39 is 23.4 Å². The molecule has 33 heavy (non-hydrogen) atoms. The highest BCUT2D eigenvalue weighted by molar-refractivity contribution is 7.12. The standard InChI is InChI=1S/C27H22N2O3S/c1-15-9-11-20-17(14-15)10-12-22-27(18-6-3-4-7-19(18)28-26(27)32)23(24(16(2)30)29(20)22)25(31)21-8-5-13-33-21/h3-14,22-24H,1-2H3,(H,28,32)/t22-,23-,24-,27-/m1/s1. The maximum atomic E-state index is 14.1. The molecular formula is C27H22N2O3S. The minimum absolute atomic E-state index is 0.120. The van der Waals surface area contributed by atoms with E-state index in [9.17, 15) is 14.4 Å². The number of rotatable bonds is 3. The van der Waals surface area contributed by atoms with E-state index in [1.54, 1.807) is 6.07 Å². The van der Waals surface area contributed by atoms with Crippen LogP contribution in [0.1, 0.15) is 33.3 Å². The van der Waals surface area contributed by atoms with Gasteiger partial charge in [0, 0.05) is 11.4 Å². The molecule has 0 unspecified atom stereocenters. The molecule has 0 aliphatic carbocycles. The van der Waals surface area contributed by atoms with Gasteiger partial charge in [0.1, 0.15) is 5.41 Å². The van der Waals surface area contributed by atoms with Gasteiger partial charge in [-0.25, -0.2) is 0 Å². The van der Waals surface area contributed by atoms with Gasteiger partial charge in [-0.3, -0.25) is 14.4 Å². The number of benzene rings is 2. The van der Waals surface area contributed by atoms with Gasteiger partial charge in [0.05, 0.1) is 22.9 Å². The number of para-hydroxylation sites is 1. The Hall–Kier alpha value is -3.51. The van der Waals surface area contributed by atoms with Crippen molar-refractivity contribution in [2.24, 2.45) is 5.92 Å². The first kappa shape index (κ1) is 20.1. The largest absolute Gasteiger partial charge is 0.352 e. The quantitative estimate of drug-likeness (QED) is 0.587. The van der Waals surface area contributed by atoms with E-state index in [2.05, 4.69) is 11.4 Å².